The Labute approximate surface area is 239 Å². The summed E-state index contributed by atoms with van der Waals surface area (Å²) in [5.41, 5.74) is 6.24. The number of hydrogen-bond donors (Lipinski definition) is 1. The number of nitrogens with zero attached hydrogens (tertiary/aromatic N) is 2. The number of halogens is 2. The summed E-state index contributed by atoms with van der Waals surface area (Å²) in [6, 6.07) is 26.2. The second-order valence-corrected chi connectivity index (χ2v) is 10.3. The number of carbonyl (C=O) groups is 2. The number of nitrogens with one attached hydrogen (secondary N) is 1. The summed E-state index contributed by atoms with van der Waals surface area (Å²) in [6.45, 7) is 5.26. The summed E-state index contributed by atoms with van der Waals surface area (Å²) < 4.78 is 22.0. The molecule has 40 heavy (non-hydrogen) atoms. The zero-order chi connectivity index (χ0) is 28.4. The SMILES string of the molecule is CC(=O)Oc1c(-c2ccc(NC(=O)c3cccc(Br)c3)cc2)c(-c2ccc(F)cc2)nn1-c1cc(C)ccc1C. The zero-order valence-corrected chi connectivity index (χ0v) is 23.6. The molecule has 1 N–H and O–H groups in total. The number of anilines is 1. The number of ether oxygens (including phenoxy) is 1. The highest BCUT2D eigenvalue weighted by molar-refractivity contribution is 9.10. The summed E-state index contributed by atoms with van der Waals surface area (Å²) >= 11 is 3.39. The molecule has 8 heteroatoms. The van der Waals surface area contributed by atoms with Gasteiger partial charge in [-0.1, -0.05) is 46.3 Å². The van der Waals surface area contributed by atoms with Gasteiger partial charge >= 0.3 is 5.97 Å². The Hall–Kier alpha value is -4.56. The maximum atomic E-state index is 13.8. The van der Waals surface area contributed by atoms with E-state index in [1.165, 1.54) is 19.1 Å². The predicted molar refractivity (Wildman–Crippen MR) is 157 cm³/mol. The molecule has 1 amide bonds. The average molecular weight is 598 g/mol. The second-order valence-electron chi connectivity index (χ2n) is 9.37. The third-order valence-corrected chi connectivity index (χ3v) is 6.81. The van der Waals surface area contributed by atoms with Crippen LogP contribution in [-0.4, -0.2) is 21.7 Å². The number of esters is 1. The quantitative estimate of drug-likeness (QED) is 0.202. The molecular formula is C32H25BrFN3O3. The average Bonchev–Trinajstić information content (AvgIpc) is 3.29. The fourth-order valence-corrected chi connectivity index (χ4v) is 4.77. The van der Waals surface area contributed by atoms with Gasteiger partial charge in [0.05, 0.1) is 11.3 Å². The molecular weight excluding hydrogens is 573 g/mol. The monoisotopic (exact) mass is 597 g/mol. The van der Waals surface area contributed by atoms with Crippen molar-refractivity contribution in [1.82, 2.24) is 9.78 Å². The van der Waals surface area contributed by atoms with Crippen LogP contribution in [0, 0.1) is 19.7 Å². The molecule has 0 saturated heterocycles. The third-order valence-electron chi connectivity index (χ3n) is 6.31. The van der Waals surface area contributed by atoms with Gasteiger partial charge in [-0.25, -0.2) is 4.39 Å². The normalized spacial score (nSPS) is 10.8. The van der Waals surface area contributed by atoms with Gasteiger partial charge in [0.25, 0.3) is 5.91 Å². The van der Waals surface area contributed by atoms with Gasteiger partial charge in [-0.15, -0.1) is 0 Å². The zero-order valence-electron chi connectivity index (χ0n) is 22.0. The molecule has 0 saturated carbocycles. The summed E-state index contributed by atoms with van der Waals surface area (Å²) in [4.78, 5) is 25.0. The van der Waals surface area contributed by atoms with Crippen molar-refractivity contribution in [2.45, 2.75) is 20.8 Å². The van der Waals surface area contributed by atoms with Crippen molar-refractivity contribution in [3.8, 4) is 34.0 Å². The van der Waals surface area contributed by atoms with E-state index in [1.807, 2.05) is 50.2 Å². The van der Waals surface area contributed by atoms with Crippen LogP contribution < -0.4 is 10.1 Å². The van der Waals surface area contributed by atoms with Crippen molar-refractivity contribution >= 4 is 33.5 Å². The van der Waals surface area contributed by atoms with Crippen LogP contribution in [0.3, 0.4) is 0 Å². The number of aromatic nitrogens is 2. The summed E-state index contributed by atoms with van der Waals surface area (Å²) in [5, 5.41) is 7.77. The van der Waals surface area contributed by atoms with Crippen molar-refractivity contribution in [3.05, 3.63) is 118 Å². The van der Waals surface area contributed by atoms with Crippen LogP contribution in [0.4, 0.5) is 10.1 Å². The van der Waals surface area contributed by atoms with E-state index in [9.17, 15) is 14.0 Å². The van der Waals surface area contributed by atoms with E-state index in [4.69, 9.17) is 9.84 Å². The first-order valence-corrected chi connectivity index (χ1v) is 13.3. The maximum Gasteiger partial charge on any atom is 0.309 e. The van der Waals surface area contributed by atoms with Gasteiger partial charge in [-0.3, -0.25) is 9.59 Å². The summed E-state index contributed by atoms with van der Waals surface area (Å²) in [5.74, 6) is -0.878. The molecule has 0 aliphatic heterocycles. The van der Waals surface area contributed by atoms with Gasteiger partial charge < -0.3 is 10.1 Å². The molecule has 1 heterocycles. The molecule has 0 fully saturated rings. The number of carbonyl (C=O) groups excluding carboxylic acids is 2. The van der Waals surface area contributed by atoms with Crippen molar-refractivity contribution in [1.29, 1.82) is 0 Å². The first-order chi connectivity index (χ1) is 19.2. The van der Waals surface area contributed by atoms with Gasteiger partial charge in [0.2, 0.25) is 5.88 Å². The highest BCUT2D eigenvalue weighted by Gasteiger charge is 2.25. The Morgan fingerprint density at radius 1 is 0.900 bits per heavy atom. The Kier molecular flexibility index (Phi) is 7.62. The molecule has 5 aromatic rings. The lowest BCUT2D eigenvalue weighted by Gasteiger charge is -2.12. The van der Waals surface area contributed by atoms with Gasteiger partial charge in [-0.05, 0) is 91.2 Å². The minimum absolute atomic E-state index is 0.242. The van der Waals surface area contributed by atoms with E-state index in [0.29, 0.717) is 33.6 Å². The molecule has 4 aromatic carbocycles. The molecule has 0 spiro atoms. The summed E-state index contributed by atoms with van der Waals surface area (Å²) in [6.07, 6.45) is 0. The minimum atomic E-state index is -0.503. The highest BCUT2D eigenvalue weighted by Crippen LogP contribution is 2.41. The van der Waals surface area contributed by atoms with E-state index in [0.717, 1.165) is 21.3 Å². The van der Waals surface area contributed by atoms with Crippen molar-refractivity contribution in [2.75, 3.05) is 5.32 Å². The molecule has 0 bridgehead atoms. The fourth-order valence-electron chi connectivity index (χ4n) is 4.37. The van der Waals surface area contributed by atoms with Crippen molar-refractivity contribution < 1.29 is 18.7 Å². The largest absolute Gasteiger partial charge is 0.407 e. The van der Waals surface area contributed by atoms with E-state index < -0.39 is 5.97 Å². The van der Waals surface area contributed by atoms with E-state index in [1.54, 1.807) is 47.1 Å². The number of benzene rings is 4. The third kappa shape index (κ3) is 5.72. The van der Waals surface area contributed by atoms with Crippen LogP contribution in [-0.2, 0) is 4.79 Å². The Morgan fingerprint density at radius 3 is 2.27 bits per heavy atom. The van der Waals surface area contributed by atoms with E-state index in [-0.39, 0.29) is 17.6 Å². The molecule has 5 rings (SSSR count). The number of rotatable bonds is 6. The van der Waals surface area contributed by atoms with Crippen molar-refractivity contribution in [3.63, 3.8) is 0 Å². The topological polar surface area (TPSA) is 73.2 Å². The van der Waals surface area contributed by atoms with Crippen LogP contribution in [0.1, 0.15) is 28.4 Å². The Bertz CT molecular complexity index is 1730. The summed E-state index contributed by atoms with van der Waals surface area (Å²) in [7, 11) is 0. The second kappa shape index (κ2) is 11.3. The standard InChI is InChI=1S/C32H25BrFN3O3/c1-19-7-8-20(2)28(17-19)37-32(40-21(3)38)29(30(36-37)23-9-13-26(34)14-10-23)22-11-15-27(16-12-22)35-31(39)24-5-4-6-25(33)18-24/h4-18H,1-3H3,(H,35,39). The van der Waals surface area contributed by atoms with Crippen LogP contribution in [0.2, 0.25) is 0 Å². The lowest BCUT2D eigenvalue weighted by Crippen LogP contribution is -2.11. The van der Waals surface area contributed by atoms with E-state index >= 15 is 0 Å². The fraction of sp³-hybridized carbons (Fsp3) is 0.0938. The van der Waals surface area contributed by atoms with Crippen LogP contribution >= 0.6 is 15.9 Å². The van der Waals surface area contributed by atoms with Crippen molar-refractivity contribution in [2.24, 2.45) is 0 Å². The first kappa shape index (κ1) is 27.0. The van der Waals surface area contributed by atoms with Gasteiger partial charge in [0.15, 0.2) is 0 Å². The number of hydrogen-bond acceptors (Lipinski definition) is 4. The molecule has 1 aromatic heterocycles. The Morgan fingerprint density at radius 2 is 1.60 bits per heavy atom. The smallest absolute Gasteiger partial charge is 0.309 e. The minimum Gasteiger partial charge on any atom is -0.407 e. The van der Waals surface area contributed by atoms with Gasteiger partial charge in [0, 0.05) is 28.2 Å². The van der Waals surface area contributed by atoms with E-state index in [2.05, 4.69) is 21.2 Å². The van der Waals surface area contributed by atoms with Crippen LogP contribution in [0.15, 0.2) is 95.5 Å². The molecule has 0 aliphatic rings. The Balaban J connectivity index is 1.63. The number of aryl methyl sites for hydroxylation is 2. The maximum absolute atomic E-state index is 13.8. The molecule has 0 radical (unpaired) electrons. The highest BCUT2D eigenvalue weighted by atomic mass is 79.9. The van der Waals surface area contributed by atoms with Crippen LogP contribution in [0.25, 0.3) is 28.1 Å². The van der Waals surface area contributed by atoms with Gasteiger partial charge in [0.1, 0.15) is 11.5 Å². The lowest BCUT2D eigenvalue weighted by molar-refractivity contribution is -0.132. The first-order valence-electron chi connectivity index (χ1n) is 12.5. The van der Waals surface area contributed by atoms with Gasteiger partial charge in [-0.2, -0.15) is 9.78 Å². The lowest BCUT2D eigenvalue weighted by atomic mass is 10.0. The molecule has 0 unspecified atom stereocenters. The molecule has 6 nitrogen and oxygen atoms in total. The molecule has 200 valence electrons. The molecule has 0 aliphatic carbocycles. The van der Waals surface area contributed by atoms with Crippen LogP contribution in [0.5, 0.6) is 5.88 Å². The molecule has 0 atom stereocenters. The number of amides is 1. The predicted octanol–water partition coefficient (Wildman–Crippen LogP) is 7.90.